The number of benzene rings is 3. The number of rotatable bonds is 4. The first-order chi connectivity index (χ1) is 13.6. The van der Waals surface area contributed by atoms with Crippen molar-refractivity contribution in [3.63, 3.8) is 0 Å². The van der Waals surface area contributed by atoms with E-state index in [1.165, 1.54) is 10.6 Å². The topological polar surface area (TPSA) is 59.3 Å². The zero-order valence-electron chi connectivity index (χ0n) is 15.4. The van der Waals surface area contributed by atoms with Crippen LogP contribution in [0, 0.1) is 0 Å². The maximum absolute atomic E-state index is 12.8. The maximum Gasteiger partial charge on any atom is 0.266 e. The molecule has 0 fully saturated rings. The summed E-state index contributed by atoms with van der Waals surface area (Å²) in [6, 6.07) is 20.9. The van der Waals surface area contributed by atoms with Crippen molar-refractivity contribution in [1.82, 2.24) is 4.57 Å². The van der Waals surface area contributed by atoms with Gasteiger partial charge in [-0.25, -0.2) is 0 Å². The molecule has 0 aliphatic heterocycles. The Balaban J connectivity index is 1.78. The van der Waals surface area contributed by atoms with Crippen LogP contribution in [0.15, 0.2) is 77.6 Å². The van der Waals surface area contributed by atoms with E-state index in [0.717, 1.165) is 16.3 Å². The van der Waals surface area contributed by atoms with Gasteiger partial charge in [0, 0.05) is 11.9 Å². The third kappa shape index (κ3) is 2.99. The third-order valence-corrected chi connectivity index (χ3v) is 4.91. The van der Waals surface area contributed by atoms with E-state index in [4.69, 9.17) is 0 Å². The van der Waals surface area contributed by atoms with Crippen LogP contribution in [0.1, 0.15) is 22.8 Å². The fourth-order valence-electron chi connectivity index (χ4n) is 3.49. The van der Waals surface area contributed by atoms with Gasteiger partial charge in [-0.1, -0.05) is 54.6 Å². The number of aromatic hydroxyl groups is 1. The fraction of sp³-hybridized carbons (Fsp3) is 0.0833. The molecule has 3 aromatic carbocycles. The van der Waals surface area contributed by atoms with E-state index in [9.17, 15) is 14.7 Å². The molecule has 0 bridgehead atoms. The van der Waals surface area contributed by atoms with Gasteiger partial charge in [0.25, 0.3) is 5.56 Å². The monoisotopic (exact) mass is 369 g/mol. The van der Waals surface area contributed by atoms with Gasteiger partial charge in [-0.05, 0) is 47.5 Å². The first kappa shape index (κ1) is 17.7. The molecular formula is C24H19NO3. The molecule has 0 aliphatic rings. The minimum atomic E-state index is -0.511. The van der Waals surface area contributed by atoms with Crippen LogP contribution >= 0.6 is 0 Å². The molecule has 28 heavy (non-hydrogen) atoms. The number of carbonyl (C=O) groups excluding carboxylic acids is 1. The van der Waals surface area contributed by atoms with Crippen molar-refractivity contribution in [2.75, 3.05) is 0 Å². The average Bonchev–Trinajstić information content (AvgIpc) is 2.72. The van der Waals surface area contributed by atoms with Crippen LogP contribution in [0.5, 0.6) is 5.75 Å². The largest absolute Gasteiger partial charge is 0.506 e. The summed E-state index contributed by atoms with van der Waals surface area (Å²) in [6.45, 7) is 2.25. The van der Waals surface area contributed by atoms with Crippen molar-refractivity contribution in [1.29, 1.82) is 0 Å². The van der Waals surface area contributed by atoms with E-state index in [2.05, 4.69) is 0 Å². The predicted octanol–water partition coefficient (Wildman–Crippen LogP) is 4.78. The number of aryl methyl sites for hydroxylation is 1. The normalized spacial score (nSPS) is 11.5. The molecule has 4 rings (SSSR count). The standard InChI is InChI=1S/C24H19NO3/c1-2-25-20-10-6-5-9-19(20)23(27)22(24(25)28)21(26)14-12-16-11-13-17-7-3-4-8-18(17)15-16/h3-15,27H,2H2,1H3/b14-12+. The molecule has 0 amide bonds. The number of fused-ring (bicyclic) bond motifs is 2. The van der Waals surface area contributed by atoms with Crippen LogP contribution in [0.4, 0.5) is 0 Å². The molecule has 0 aliphatic carbocycles. The molecule has 138 valence electrons. The molecule has 0 saturated heterocycles. The van der Waals surface area contributed by atoms with Crippen LogP contribution < -0.4 is 5.56 Å². The van der Waals surface area contributed by atoms with Crippen LogP contribution in [0.3, 0.4) is 0 Å². The highest BCUT2D eigenvalue weighted by Crippen LogP contribution is 2.27. The van der Waals surface area contributed by atoms with E-state index in [0.29, 0.717) is 17.4 Å². The second-order valence-electron chi connectivity index (χ2n) is 6.59. The lowest BCUT2D eigenvalue weighted by Gasteiger charge is -2.12. The summed E-state index contributed by atoms with van der Waals surface area (Å²) < 4.78 is 1.51. The van der Waals surface area contributed by atoms with Crippen molar-refractivity contribution in [2.45, 2.75) is 13.5 Å². The number of pyridine rings is 1. The molecule has 0 saturated carbocycles. The highest BCUT2D eigenvalue weighted by Gasteiger charge is 2.19. The second kappa shape index (κ2) is 7.16. The lowest BCUT2D eigenvalue weighted by Crippen LogP contribution is -2.26. The number of hydrogen-bond donors (Lipinski definition) is 1. The first-order valence-corrected chi connectivity index (χ1v) is 9.16. The van der Waals surface area contributed by atoms with Gasteiger partial charge in [0.2, 0.25) is 0 Å². The van der Waals surface area contributed by atoms with E-state index < -0.39 is 11.3 Å². The van der Waals surface area contributed by atoms with Crippen LogP contribution in [0.2, 0.25) is 0 Å². The zero-order valence-corrected chi connectivity index (χ0v) is 15.4. The number of para-hydroxylation sites is 1. The van der Waals surface area contributed by atoms with Gasteiger partial charge < -0.3 is 9.67 Å². The molecular weight excluding hydrogens is 350 g/mol. The summed E-state index contributed by atoms with van der Waals surface area (Å²) in [4.78, 5) is 25.6. The smallest absolute Gasteiger partial charge is 0.266 e. The van der Waals surface area contributed by atoms with Gasteiger partial charge in [-0.3, -0.25) is 9.59 Å². The predicted molar refractivity (Wildman–Crippen MR) is 113 cm³/mol. The number of hydrogen-bond acceptors (Lipinski definition) is 3. The summed E-state index contributed by atoms with van der Waals surface area (Å²) in [5, 5.41) is 13.3. The minimum absolute atomic E-state index is 0.197. The summed E-state index contributed by atoms with van der Waals surface area (Å²) in [7, 11) is 0. The van der Waals surface area contributed by atoms with Crippen molar-refractivity contribution in [2.24, 2.45) is 0 Å². The quantitative estimate of drug-likeness (QED) is 0.416. The fourth-order valence-corrected chi connectivity index (χ4v) is 3.49. The molecule has 1 N–H and O–H groups in total. The summed E-state index contributed by atoms with van der Waals surface area (Å²) in [5.74, 6) is -0.776. The SMILES string of the molecule is CCn1c(=O)c(C(=O)/C=C/c2ccc3ccccc3c2)c(O)c2ccccc21. The highest BCUT2D eigenvalue weighted by atomic mass is 16.3. The molecule has 4 nitrogen and oxygen atoms in total. The summed E-state index contributed by atoms with van der Waals surface area (Å²) in [5.41, 5.74) is 0.787. The summed E-state index contributed by atoms with van der Waals surface area (Å²) in [6.07, 6.45) is 3.01. The third-order valence-electron chi connectivity index (χ3n) is 4.91. The van der Waals surface area contributed by atoms with Crippen LogP contribution in [-0.2, 0) is 6.54 Å². The average molecular weight is 369 g/mol. The van der Waals surface area contributed by atoms with Gasteiger partial charge in [-0.2, -0.15) is 0 Å². The Morgan fingerprint density at radius 3 is 2.50 bits per heavy atom. The van der Waals surface area contributed by atoms with E-state index in [1.807, 2.05) is 49.4 Å². The van der Waals surface area contributed by atoms with Crippen molar-refractivity contribution in [3.05, 3.63) is 94.3 Å². The van der Waals surface area contributed by atoms with Crippen molar-refractivity contribution >= 4 is 33.5 Å². The number of ketones is 1. The van der Waals surface area contributed by atoms with Gasteiger partial charge in [0.05, 0.1) is 5.52 Å². The van der Waals surface area contributed by atoms with E-state index in [-0.39, 0.29) is 11.3 Å². The lowest BCUT2D eigenvalue weighted by molar-refractivity contribution is 0.104. The molecule has 0 radical (unpaired) electrons. The minimum Gasteiger partial charge on any atom is -0.506 e. The van der Waals surface area contributed by atoms with Gasteiger partial charge >= 0.3 is 0 Å². The van der Waals surface area contributed by atoms with Crippen molar-refractivity contribution in [3.8, 4) is 5.75 Å². The maximum atomic E-state index is 12.8. The highest BCUT2D eigenvalue weighted by molar-refractivity contribution is 6.11. The Labute approximate surface area is 162 Å². The van der Waals surface area contributed by atoms with Gasteiger partial charge in [0.1, 0.15) is 11.3 Å². The van der Waals surface area contributed by atoms with Gasteiger partial charge in [-0.15, -0.1) is 0 Å². The Kier molecular flexibility index (Phi) is 4.53. The second-order valence-corrected chi connectivity index (χ2v) is 6.59. The van der Waals surface area contributed by atoms with E-state index in [1.54, 1.807) is 30.3 Å². The molecule has 0 unspecified atom stereocenters. The summed E-state index contributed by atoms with van der Waals surface area (Å²) >= 11 is 0. The van der Waals surface area contributed by atoms with E-state index >= 15 is 0 Å². The van der Waals surface area contributed by atoms with Gasteiger partial charge in [0.15, 0.2) is 5.78 Å². The molecule has 1 aromatic heterocycles. The number of carbonyl (C=O) groups is 1. The molecule has 4 heteroatoms. The Bertz CT molecular complexity index is 1300. The number of allylic oxidation sites excluding steroid dienone is 1. The lowest BCUT2D eigenvalue weighted by atomic mass is 10.0. The number of nitrogens with zero attached hydrogens (tertiary/aromatic N) is 1. The van der Waals surface area contributed by atoms with Crippen molar-refractivity contribution < 1.29 is 9.90 Å². The molecule has 0 atom stereocenters. The number of aromatic nitrogens is 1. The molecule has 1 heterocycles. The Hall–Kier alpha value is -3.66. The van der Waals surface area contributed by atoms with Crippen LogP contribution in [0.25, 0.3) is 27.8 Å². The Morgan fingerprint density at radius 1 is 1.00 bits per heavy atom. The van der Waals surface area contributed by atoms with Crippen LogP contribution in [-0.4, -0.2) is 15.5 Å². The Morgan fingerprint density at radius 2 is 1.71 bits per heavy atom. The first-order valence-electron chi connectivity index (χ1n) is 9.16. The zero-order chi connectivity index (χ0) is 19.7. The molecule has 4 aromatic rings. The molecule has 0 spiro atoms.